The Bertz CT molecular complexity index is 544. The van der Waals surface area contributed by atoms with Crippen LogP contribution in [0.4, 0.5) is 0 Å². The molecule has 88 valence electrons. The second-order valence-electron chi connectivity index (χ2n) is 3.81. The van der Waals surface area contributed by atoms with Crippen molar-refractivity contribution < 1.29 is 9.90 Å². The van der Waals surface area contributed by atoms with Gasteiger partial charge < -0.3 is 5.11 Å². The van der Waals surface area contributed by atoms with Gasteiger partial charge in [0.2, 0.25) is 0 Å². The molecule has 0 bridgehead atoms. The lowest BCUT2D eigenvalue weighted by atomic mass is 10.1. The molecule has 1 N–H and O–H groups in total. The Morgan fingerprint density at radius 2 is 2.00 bits per heavy atom. The molecule has 17 heavy (non-hydrogen) atoms. The van der Waals surface area contributed by atoms with Gasteiger partial charge in [0.15, 0.2) is 5.69 Å². The summed E-state index contributed by atoms with van der Waals surface area (Å²) in [6.45, 7) is 4.40. The number of rotatable bonds is 3. The predicted molar refractivity (Wildman–Crippen MR) is 65.0 cm³/mol. The number of aromatic nitrogens is 2. The molecule has 0 saturated heterocycles. The van der Waals surface area contributed by atoms with Gasteiger partial charge in [0.1, 0.15) is 0 Å². The van der Waals surface area contributed by atoms with Crippen LogP contribution in [0.3, 0.4) is 0 Å². The zero-order valence-electron chi connectivity index (χ0n) is 9.84. The number of aromatic carboxylic acids is 1. The highest BCUT2D eigenvalue weighted by atomic mass is 16.4. The molecule has 1 aromatic heterocycles. The SMILES string of the molecule is CCn1nc(C(=O)O)c(C)c1-c1ccccc1. The number of benzene rings is 1. The fourth-order valence-electron chi connectivity index (χ4n) is 1.94. The molecular weight excluding hydrogens is 216 g/mol. The molecule has 1 aromatic carbocycles. The molecule has 0 aliphatic rings. The van der Waals surface area contributed by atoms with Crippen molar-refractivity contribution in [2.24, 2.45) is 0 Å². The Labute approximate surface area is 99.5 Å². The van der Waals surface area contributed by atoms with E-state index in [0.29, 0.717) is 12.1 Å². The number of carboxylic acids is 1. The third kappa shape index (κ3) is 1.93. The molecule has 2 aromatic rings. The van der Waals surface area contributed by atoms with Crippen molar-refractivity contribution in [1.82, 2.24) is 9.78 Å². The van der Waals surface area contributed by atoms with E-state index in [1.54, 1.807) is 11.6 Å². The Morgan fingerprint density at radius 3 is 2.53 bits per heavy atom. The van der Waals surface area contributed by atoms with Crippen LogP contribution >= 0.6 is 0 Å². The maximum absolute atomic E-state index is 11.1. The van der Waals surface area contributed by atoms with Gasteiger partial charge in [-0.3, -0.25) is 4.68 Å². The monoisotopic (exact) mass is 230 g/mol. The predicted octanol–water partition coefficient (Wildman–Crippen LogP) is 2.58. The molecule has 0 atom stereocenters. The quantitative estimate of drug-likeness (QED) is 0.881. The standard InChI is InChI=1S/C13H14N2O2/c1-3-15-12(10-7-5-4-6-8-10)9(2)11(14-15)13(16)17/h4-8H,3H2,1-2H3,(H,16,17). The molecule has 0 amide bonds. The second-order valence-corrected chi connectivity index (χ2v) is 3.81. The first-order chi connectivity index (χ1) is 8.15. The van der Waals surface area contributed by atoms with E-state index >= 15 is 0 Å². The summed E-state index contributed by atoms with van der Waals surface area (Å²) < 4.78 is 1.73. The van der Waals surface area contributed by atoms with E-state index in [4.69, 9.17) is 5.11 Å². The number of carbonyl (C=O) groups is 1. The van der Waals surface area contributed by atoms with E-state index < -0.39 is 5.97 Å². The molecule has 4 heteroatoms. The highest BCUT2D eigenvalue weighted by molar-refractivity contribution is 5.89. The molecule has 2 rings (SSSR count). The van der Waals surface area contributed by atoms with Crippen LogP contribution in [0.5, 0.6) is 0 Å². The van der Waals surface area contributed by atoms with Crippen molar-refractivity contribution in [3.63, 3.8) is 0 Å². The van der Waals surface area contributed by atoms with Crippen molar-refractivity contribution in [2.75, 3.05) is 0 Å². The van der Waals surface area contributed by atoms with Crippen molar-refractivity contribution in [3.05, 3.63) is 41.6 Å². The Kier molecular flexibility index (Phi) is 2.95. The van der Waals surface area contributed by atoms with Gasteiger partial charge in [-0.1, -0.05) is 30.3 Å². The Balaban J connectivity index is 2.64. The van der Waals surface area contributed by atoms with E-state index in [-0.39, 0.29) is 5.69 Å². The molecular formula is C13H14N2O2. The fourth-order valence-corrected chi connectivity index (χ4v) is 1.94. The van der Waals surface area contributed by atoms with Gasteiger partial charge in [-0.15, -0.1) is 0 Å². The van der Waals surface area contributed by atoms with Crippen molar-refractivity contribution in [1.29, 1.82) is 0 Å². The zero-order chi connectivity index (χ0) is 12.4. The van der Waals surface area contributed by atoms with Crippen LogP contribution < -0.4 is 0 Å². The maximum Gasteiger partial charge on any atom is 0.356 e. The van der Waals surface area contributed by atoms with Gasteiger partial charge in [-0.05, 0) is 13.8 Å². The number of hydrogen-bond donors (Lipinski definition) is 1. The van der Waals surface area contributed by atoms with E-state index in [1.807, 2.05) is 37.3 Å². The zero-order valence-corrected chi connectivity index (χ0v) is 9.84. The first-order valence-corrected chi connectivity index (χ1v) is 5.51. The van der Waals surface area contributed by atoms with Crippen LogP contribution in [-0.4, -0.2) is 20.9 Å². The molecule has 0 aliphatic heterocycles. The molecule has 1 heterocycles. The normalized spacial score (nSPS) is 10.5. The number of aryl methyl sites for hydroxylation is 1. The van der Waals surface area contributed by atoms with Gasteiger partial charge in [-0.2, -0.15) is 5.10 Å². The number of carboxylic acid groups (broad SMARTS) is 1. The molecule has 0 radical (unpaired) electrons. The Hall–Kier alpha value is -2.10. The van der Waals surface area contributed by atoms with Crippen LogP contribution in [-0.2, 0) is 6.54 Å². The van der Waals surface area contributed by atoms with Gasteiger partial charge in [0.25, 0.3) is 0 Å². The third-order valence-electron chi connectivity index (χ3n) is 2.74. The van der Waals surface area contributed by atoms with Crippen molar-refractivity contribution in [3.8, 4) is 11.3 Å². The van der Waals surface area contributed by atoms with Gasteiger partial charge in [-0.25, -0.2) is 4.79 Å². The third-order valence-corrected chi connectivity index (χ3v) is 2.74. The topological polar surface area (TPSA) is 55.1 Å². The summed E-state index contributed by atoms with van der Waals surface area (Å²) in [5.74, 6) is -0.980. The fraction of sp³-hybridized carbons (Fsp3) is 0.231. The highest BCUT2D eigenvalue weighted by Crippen LogP contribution is 2.25. The molecule has 4 nitrogen and oxygen atoms in total. The van der Waals surface area contributed by atoms with E-state index in [9.17, 15) is 4.79 Å². The van der Waals surface area contributed by atoms with Gasteiger partial charge in [0, 0.05) is 17.7 Å². The summed E-state index contributed by atoms with van der Waals surface area (Å²) in [5.41, 5.74) is 2.72. The summed E-state index contributed by atoms with van der Waals surface area (Å²) in [6.07, 6.45) is 0. The summed E-state index contributed by atoms with van der Waals surface area (Å²) >= 11 is 0. The summed E-state index contributed by atoms with van der Waals surface area (Å²) in [4.78, 5) is 11.1. The second kappa shape index (κ2) is 4.41. The summed E-state index contributed by atoms with van der Waals surface area (Å²) in [7, 11) is 0. The lowest BCUT2D eigenvalue weighted by molar-refractivity contribution is 0.0688. The number of nitrogens with zero attached hydrogens (tertiary/aromatic N) is 2. The first kappa shape index (κ1) is 11.4. The summed E-state index contributed by atoms with van der Waals surface area (Å²) in [6, 6.07) is 9.72. The number of hydrogen-bond acceptors (Lipinski definition) is 2. The van der Waals surface area contributed by atoms with Crippen molar-refractivity contribution >= 4 is 5.97 Å². The minimum atomic E-state index is -0.980. The minimum absolute atomic E-state index is 0.130. The average molecular weight is 230 g/mol. The molecule has 0 spiro atoms. The Morgan fingerprint density at radius 1 is 1.35 bits per heavy atom. The minimum Gasteiger partial charge on any atom is -0.476 e. The first-order valence-electron chi connectivity index (χ1n) is 5.51. The molecule has 0 aliphatic carbocycles. The smallest absolute Gasteiger partial charge is 0.356 e. The maximum atomic E-state index is 11.1. The lowest BCUT2D eigenvalue weighted by Crippen LogP contribution is -2.02. The van der Waals surface area contributed by atoms with Crippen LogP contribution in [0.2, 0.25) is 0 Å². The van der Waals surface area contributed by atoms with Gasteiger partial charge in [0.05, 0.1) is 5.69 Å². The van der Waals surface area contributed by atoms with Crippen molar-refractivity contribution in [2.45, 2.75) is 20.4 Å². The summed E-state index contributed by atoms with van der Waals surface area (Å²) in [5, 5.41) is 13.2. The largest absolute Gasteiger partial charge is 0.476 e. The van der Waals surface area contributed by atoms with Crippen LogP contribution in [0, 0.1) is 6.92 Å². The van der Waals surface area contributed by atoms with Crippen LogP contribution in [0.15, 0.2) is 30.3 Å². The average Bonchev–Trinajstić information content (AvgIpc) is 2.67. The highest BCUT2D eigenvalue weighted by Gasteiger charge is 2.19. The molecule has 0 saturated carbocycles. The van der Waals surface area contributed by atoms with Gasteiger partial charge >= 0.3 is 5.97 Å². The van der Waals surface area contributed by atoms with E-state index in [0.717, 1.165) is 11.3 Å². The molecule has 0 unspecified atom stereocenters. The lowest BCUT2D eigenvalue weighted by Gasteiger charge is -2.05. The van der Waals surface area contributed by atoms with Crippen LogP contribution in [0.1, 0.15) is 23.0 Å². The molecule has 0 fully saturated rings. The van der Waals surface area contributed by atoms with E-state index in [2.05, 4.69) is 5.10 Å². The van der Waals surface area contributed by atoms with Crippen LogP contribution in [0.25, 0.3) is 11.3 Å². The van der Waals surface area contributed by atoms with E-state index in [1.165, 1.54) is 0 Å².